The average molecular weight is 272 g/mol. The van der Waals surface area contributed by atoms with E-state index in [9.17, 15) is 4.79 Å². The van der Waals surface area contributed by atoms with Crippen molar-refractivity contribution in [3.8, 4) is 5.88 Å². The molecular formula is C15H16N2O3. The number of aromatic carboxylic acids is 1. The molecule has 0 aliphatic rings. The summed E-state index contributed by atoms with van der Waals surface area (Å²) in [6, 6.07) is 12.9. The molecule has 1 aromatic heterocycles. The molecule has 0 saturated heterocycles. The molecular weight excluding hydrogens is 256 g/mol. The highest BCUT2D eigenvalue weighted by molar-refractivity contribution is 5.86. The lowest BCUT2D eigenvalue weighted by molar-refractivity contribution is 0.0689. The van der Waals surface area contributed by atoms with E-state index < -0.39 is 5.97 Å². The highest BCUT2D eigenvalue weighted by atomic mass is 16.5. The monoisotopic (exact) mass is 272 g/mol. The Kier molecular flexibility index (Phi) is 4.55. The Morgan fingerprint density at radius 3 is 2.65 bits per heavy atom. The molecule has 5 heteroatoms. The molecule has 0 aliphatic carbocycles. The first-order valence-corrected chi connectivity index (χ1v) is 6.33. The summed E-state index contributed by atoms with van der Waals surface area (Å²) < 4.78 is 5.45. The number of benzene rings is 1. The van der Waals surface area contributed by atoms with Gasteiger partial charge in [-0.05, 0) is 30.5 Å². The molecule has 2 aromatic rings. The molecule has 0 spiro atoms. The van der Waals surface area contributed by atoms with Crippen LogP contribution in [0.3, 0.4) is 0 Å². The van der Waals surface area contributed by atoms with E-state index in [0.29, 0.717) is 12.3 Å². The number of aromatic nitrogens is 1. The Morgan fingerprint density at radius 1 is 1.20 bits per heavy atom. The number of anilines is 1. The molecule has 104 valence electrons. The third-order valence-electron chi connectivity index (χ3n) is 2.80. The molecule has 20 heavy (non-hydrogen) atoms. The SMILES string of the molecule is Nc1ccc(C(=O)O)nc1OCCCc1ccccc1. The summed E-state index contributed by atoms with van der Waals surface area (Å²) in [5.74, 6) is -0.919. The zero-order valence-corrected chi connectivity index (χ0v) is 11.0. The van der Waals surface area contributed by atoms with Crippen molar-refractivity contribution in [3.63, 3.8) is 0 Å². The van der Waals surface area contributed by atoms with Crippen molar-refractivity contribution < 1.29 is 14.6 Å². The quantitative estimate of drug-likeness (QED) is 0.788. The molecule has 0 fully saturated rings. The lowest BCUT2D eigenvalue weighted by Crippen LogP contribution is -2.07. The van der Waals surface area contributed by atoms with Crippen molar-refractivity contribution in [1.29, 1.82) is 0 Å². The van der Waals surface area contributed by atoms with Gasteiger partial charge in [0, 0.05) is 0 Å². The van der Waals surface area contributed by atoms with Gasteiger partial charge < -0.3 is 15.6 Å². The number of pyridine rings is 1. The molecule has 0 radical (unpaired) electrons. The fraction of sp³-hybridized carbons (Fsp3) is 0.200. The van der Waals surface area contributed by atoms with E-state index in [1.807, 2.05) is 18.2 Å². The van der Waals surface area contributed by atoms with Gasteiger partial charge in [-0.25, -0.2) is 9.78 Å². The molecule has 1 aromatic carbocycles. The predicted octanol–water partition coefficient (Wildman–Crippen LogP) is 2.37. The Morgan fingerprint density at radius 2 is 1.95 bits per heavy atom. The molecule has 0 bridgehead atoms. The maximum absolute atomic E-state index is 10.8. The second-order valence-electron chi connectivity index (χ2n) is 4.33. The van der Waals surface area contributed by atoms with E-state index in [0.717, 1.165) is 12.8 Å². The van der Waals surface area contributed by atoms with Crippen molar-refractivity contribution in [3.05, 3.63) is 53.7 Å². The van der Waals surface area contributed by atoms with Gasteiger partial charge in [0.2, 0.25) is 5.88 Å². The molecule has 3 N–H and O–H groups in total. The predicted molar refractivity (Wildman–Crippen MR) is 75.9 cm³/mol. The number of hydrogen-bond acceptors (Lipinski definition) is 4. The van der Waals surface area contributed by atoms with Crippen molar-refractivity contribution in [2.24, 2.45) is 0 Å². The highest BCUT2D eigenvalue weighted by Crippen LogP contribution is 2.18. The fourth-order valence-corrected chi connectivity index (χ4v) is 1.78. The van der Waals surface area contributed by atoms with Crippen LogP contribution in [0.4, 0.5) is 5.69 Å². The van der Waals surface area contributed by atoms with Crippen molar-refractivity contribution in [1.82, 2.24) is 4.98 Å². The van der Waals surface area contributed by atoms with Crippen LogP contribution in [-0.4, -0.2) is 22.7 Å². The standard InChI is InChI=1S/C15H16N2O3/c16-12-8-9-13(15(18)19)17-14(12)20-10-4-7-11-5-2-1-3-6-11/h1-3,5-6,8-9H,4,7,10,16H2,(H,18,19). The second-order valence-corrected chi connectivity index (χ2v) is 4.33. The fourth-order valence-electron chi connectivity index (χ4n) is 1.78. The van der Waals surface area contributed by atoms with Crippen molar-refractivity contribution in [2.75, 3.05) is 12.3 Å². The molecule has 0 unspecified atom stereocenters. The number of carbonyl (C=O) groups is 1. The van der Waals surface area contributed by atoms with Gasteiger partial charge in [0.15, 0.2) is 5.69 Å². The van der Waals surface area contributed by atoms with Crippen LogP contribution >= 0.6 is 0 Å². The molecule has 0 aliphatic heterocycles. The summed E-state index contributed by atoms with van der Waals surface area (Å²) in [6.45, 7) is 0.440. The third kappa shape index (κ3) is 3.71. The Bertz CT molecular complexity index is 585. The van der Waals surface area contributed by atoms with Crippen LogP contribution in [0.1, 0.15) is 22.5 Å². The van der Waals surface area contributed by atoms with Crippen LogP contribution in [0, 0.1) is 0 Å². The summed E-state index contributed by atoms with van der Waals surface area (Å²) in [7, 11) is 0. The number of rotatable bonds is 6. The topological polar surface area (TPSA) is 85.4 Å². The lowest BCUT2D eigenvalue weighted by Gasteiger charge is -2.08. The van der Waals surface area contributed by atoms with Crippen molar-refractivity contribution >= 4 is 11.7 Å². The number of nitrogens with zero attached hydrogens (tertiary/aromatic N) is 1. The van der Waals surface area contributed by atoms with E-state index in [4.69, 9.17) is 15.6 Å². The smallest absolute Gasteiger partial charge is 0.354 e. The van der Waals surface area contributed by atoms with Crippen LogP contribution < -0.4 is 10.5 Å². The van der Waals surface area contributed by atoms with Gasteiger partial charge in [-0.15, -0.1) is 0 Å². The number of nitrogens with two attached hydrogens (primary N) is 1. The molecule has 5 nitrogen and oxygen atoms in total. The van der Waals surface area contributed by atoms with E-state index in [-0.39, 0.29) is 11.6 Å². The van der Waals surface area contributed by atoms with Gasteiger partial charge in [0.1, 0.15) is 0 Å². The Labute approximate surface area is 117 Å². The van der Waals surface area contributed by atoms with E-state index in [2.05, 4.69) is 17.1 Å². The van der Waals surface area contributed by atoms with Crippen LogP contribution in [0.15, 0.2) is 42.5 Å². The van der Waals surface area contributed by atoms with Gasteiger partial charge in [0.25, 0.3) is 0 Å². The highest BCUT2D eigenvalue weighted by Gasteiger charge is 2.09. The summed E-state index contributed by atoms with van der Waals surface area (Å²) >= 11 is 0. The third-order valence-corrected chi connectivity index (χ3v) is 2.80. The Balaban J connectivity index is 1.88. The molecule has 0 amide bonds. The number of ether oxygens (including phenoxy) is 1. The minimum Gasteiger partial charge on any atom is -0.477 e. The second kappa shape index (κ2) is 6.56. The number of nitrogen functional groups attached to an aromatic ring is 1. The van der Waals surface area contributed by atoms with Crippen molar-refractivity contribution in [2.45, 2.75) is 12.8 Å². The van der Waals surface area contributed by atoms with Crippen LogP contribution in [0.2, 0.25) is 0 Å². The molecule has 2 rings (SSSR count). The first kappa shape index (κ1) is 13.9. The van der Waals surface area contributed by atoms with Crippen LogP contribution in [-0.2, 0) is 6.42 Å². The van der Waals surface area contributed by atoms with Gasteiger partial charge in [-0.3, -0.25) is 0 Å². The first-order chi connectivity index (χ1) is 9.66. The minimum atomic E-state index is -1.10. The van der Waals surface area contributed by atoms with Gasteiger partial charge in [-0.2, -0.15) is 0 Å². The molecule has 0 atom stereocenters. The zero-order chi connectivity index (χ0) is 14.4. The normalized spacial score (nSPS) is 10.2. The largest absolute Gasteiger partial charge is 0.477 e. The maximum Gasteiger partial charge on any atom is 0.354 e. The van der Waals surface area contributed by atoms with Gasteiger partial charge >= 0.3 is 5.97 Å². The summed E-state index contributed by atoms with van der Waals surface area (Å²) in [4.78, 5) is 14.7. The zero-order valence-electron chi connectivity index (χ0n) is 11.0. The number of carboxylic acids is 1. The van der Waals surface area contributed by atoms with Gasteiger partial charge in [-0.1, -0.05) is 30.3 Å². The summed E-state index contributed by atoms with van der Waals surface area (Å²) in [5.41, 5.74) is 7.21. The molecule has 0 saturated carbocycles. The summed E-state index contributed by atoms with van der Waals surface area (Å²) in [6.07, 6.45) is 1.70. The average Bonchev–Trinajstić information content (AvgIpc) is 2.46. The van der Waals surface area contributed by atoms with E-state index in [1.54, 1.807) is 0 Å². The van der Waals surface area contributed by atoms with Gasteiger partial charge in [0.05, 0.1) is 12.3 Å². The Hall–Kier alpha value is -2.56. The number of carboxylic acid groups (broad SMARTS) is 1. The van der Waals surface area contributed by atoms with E-state index >= 15 is 0 Å². The number of hydrogen-bond donors (Lipinski definition) is 2. The summed E-state index contributed by atoms with van der Waals surface area (Å²) in [5, 5.41) is 8.86. The van der Waals surface area contributed by atoms with E-state index in [1.165, 1.54) is 17.7 Å². The first-order valence-electron chi connectivity index (χ1n) is 6.33. The van der Waals surface area contributed by atoms with Crippen LogP contribution in [0.5, 0.6) is 5.88 Å². The lowest BCUT2D eigenvalue weighted by atomic mass is 10.1. The number of aryl methyl sites for hydroxylation is 1. The van der Waals surface area contributed by atoms with Crippen LogP contribution in [0.25, 0.3) is 0 Å². The minimum absolute atomic E-state index is 0.0720. The molecule has 1 heterocycles. The maximum atomic E-state index is 10.8.